The summed E-state index contributed by atoms with van der Waals surface area (Å²) in [6.45, 7) is 4.71. The van der Waals surface area contributed by atoms with Crippen LogP contribution in [-0.4, -0.2) is 72.8 Å². The molecule has 0 spiro atoms. The molecular formula is C41H63F3N5O9P. The first-order chi connectivity index (χ1) is 28.2. The molecule has 5 N–H and O–H groups in total. The monoisotopic (exact) mass is 857 g/mol. The number of phosphoric acid groups is 1. The fourth-order valence-corrected chi connectivity index (χ4v) is 7.87. The average Bonchev–Trinajstić information content (AvgIpc) is 3.74. The van der Waals surface area contributed by atoms with Gasteiger partial charge >= 0.3 is 14.0 Å². The van der Waals surface area contributed by atoms with E-state index in [-0.39, 0.29) is 30.5 Å². The van der Waals surface area contributed by atoms with Crippen molar-refractivity contribution in [3.8, 4) is 0 Å². The molecule has 0 radical (unpaired) electrons. The van der Waals surface area contributed by atoms with Crippen LogP contribution in [0.3, 0.4) is 0 Å². The Balaban J connectivity index is 1.24. The summed E-state index contributed by atoms with van der Waals surface area (Å²) in [5.41, 5.74) is 4.41. The van der Waals surface area contributed by atoms with Gasteiger partial charge in [0.05, 0.1) is 25.5 Å². The molecule has 332 valence electrons. The third-order valence-corrected chi connectivity index (χ3v) is 11.5. The molecule has 0 amide bonds. The summed E-state index contributed by atoms with van der Waals surface area (Å²) in [5, 5.41) is 26.2. The van der Waals surface area contributed by atoms with Crippen molar-refractivity contribution in [3.05, 3.63) is 65.3 Å². The average molecular weight is 858 g/mol. The number of unbranched alkanes of at least 4 members (excludes halogenated alkanes) is 15. The Morgan fingerprint density at radius 3 is 2.12 bits per heavy atom. The first-order valence-corrected chi connectivity index (χ1v) is 22.4. The lowest BCUT2D eigenvalue weighted by Gasteiger charge is -2.27. The molecule has 18 heteroatoms. The molecule has 0 bridgehead atoms. The summed E-state index contributed by atoms with van der Waals surface area (Å²) >= 11 is 0. The smallest absolute Gasteiger partial charge is 0.476 e. The highest BCUT2D eigenvalue weighted by Crippen LogP contribution is 2.49. The van der Waals surface area contributed by atoms with Crippen molar-refractivity contribution in [2.45, 2.75) is 160 Å². The minimum absolute atomic E-state index is 0.0431. The molecule has 0 saturated carbocycles. The van der Waals surface area contributed by atoms with Gasteiger partial charge in [-0.05, 0) is 44.0 Å². The number of aliphatic hydroxyl groups is 2. The number of nitrogens with two attached hydrogens (primary N) is 1. The first-order valence-electron chi connectivity index (χ1n) is 20.9. The van der Waals surface area contributed by atoms with Crippen molar-refractivity contribution >= 4 is 19.2 Å². The van der Waals surface area contributed by atoms with Gasteiger partial charge in [-0.3, -0.25) is 14.4 Å². The van der Waals surface area contributed by atoms with Crippen LogP contribution in [0.5, 0.6) is 0 Å². The fourth-order valence-electron chi connectivity index (χ4n) is 7.03. The largest absolute Gasteiger partial charge is 0.527 e. The number of alkyl halides is 3. The molecular weight excluding hydrogens is 794 g/mol. The van der Waals surface area contributed by atoms with E-state index in [1.807, 2.05) is 0 Å². The Morgan fingerprint density at radius 1 is 0.932 bits per heavy atom. The van der Waals surface area contributed by atoms with Crippen molar-refractivity contribution in [1.29, 1.82) is 0 Å². The van der Waals surface area contributed by atoms with E-state index in [4.69, 9.17) is 29.0 Å². The molecule has 1 aliphatic rings. The molecule has 0 aromatic carbocycles. The lowest BCUT2D eigenvalue weighted by molar-refractivity contribution is -0.141. The van der Waals surface area contributed by atoms with Crippen LogP contribution in [0.2, 0.25) is 0 Å². The van der Waals surface area contributed by atoms with Gasteiger partial charge in [0, 0.05) is 12.8 Å². The van der Waals surface area contributed by atoms with Gasteiger partial charge in [-0.2, -0.15) is 18.3 Å². The highest BCUT2D eigenvalue weighted by molar-refractivity contribution is 7.47. The first kappa shape index (κ1) is 48.4. The SMILES string of the molecule is CCCCCCCCCCCCCCCCCCOC[C@H](COP(=O)(O)O/C(C)=C1/O[C@@](C)(c2ccc3c(N)ncnn23)[C@H](O)[C@@H]1O)OCc1ccc(C(F)(F)F)nc1. The Kier molecular flexibility index (Phi) is 19.4. The number of anilines is 1. The van der Waals surface area contributed by atoms with E-state index in [0.29, 0.717) is 23.4 Å². The van der Waals surface area contributed by atoms with Crippen molar-refractivity contribution in [2.75, 3.05) is 25.6 Å². The summed E-state index contributed by atoms with van der Waals surface area (Å²) in [6, 6.07) is 5.29. The molecule has 3 aromatic heterocycles. The molecule has 3 aromatic rings. The van der Waals surface area contributed by atoms with E-state index >= 15 is 0 Å². The molecule has 1 saturated heterocycles. The summed E-state index contributed by atoms with van der Waals surface area (Å²) in [7, 11) is -4.89. The zero-order valence-electron chi connectivity index (χ0n) is 34.6. The van der Waals surface area contributed by atoms with E-state index in [1.54, 1.807) is 12.1 Å². The van der Waals surface area contributed by atoms with Gasteiger partial charge < -0.3 is 34.7 Å². The second-order valence-electron chi connectivity index (χ2n) is 15.4. The fraction of sp³-hybridized carbons (Fsp3) is 0.683. The molecule has 0 aliphatic carbocycles. The molecule has 14 nitrogen and oxygen atoms in total. The second kappa shape index (κ2) is 23.6. The summed E-state index contributed by atoms with van der Waals surface area (Å²) < 4.78 is 81.8. The van der Waals surface area contributed by atoms with Crippen LogP contribution in [0.4, 0.5) is 19.0 Å². The van der Waals surface area contributed by atoms with Crippen LogP contribution in [0.15, 0.2) is 48.3 Å². The third kappa shape index (κ3) is 15.0. The standard InChI is InChI=1S/C41H63F3N5O9P/c1-4-5-6-7-8-9-10-11-12-13-14-15-16-17-18-19-24-54-27-32(55-26-31-20-22-34(46-25-31)41(42,43)44)28-56-59(52,53)58-30(2)37-36(50)38(51)40(3,57-37)35-23-21-33-39(45)47-29-48-49(33)35/h20-23,25,29,32,36,38,50-51H,4-19,24,26-28H2,1-3H3,(H,52,53)(H2,45,47,48)/b37-30+/t32-,36-,38-,40+/m1/s1. The molecule has 59 heavy (non-hydrogen) atoms. The van der Waals surface area contributed by atoms with E-state index in [1.165, 1.54) is 108 Å². The van der Waals surface area contributed by atoms with Gasteiger partial charge in [0.1, 0.15) is 41.6 Å². The van der Waals surface area contributed by atoms with Gasteiger partial charge in [-0.25, -0.2) is 14.1 Å². The number of rotatable bonds is 28. The third-order valence-electron chi connectivity index (χ3n) is 10.5. The van der Waals surface area contributed by atoms with Crippen LogP contribution in [0.25, 0.3) is 5.52 Å². The van der Waals surface area contributed by atoms with Crippen molar-refractivity contribution in [2.24, 2.45) is 0 Å². The number of nitrogens with zero attached hydrogens (tertiary/aromatic N) is 4. The number of allylic oxidation sites excluding steroid dienone is 1. The number of hydrogen-bond donors (Lipinski definition) is 4. The normalized spacial score (nSPS) is 20.8. The maximum Gasteiger partial charge on any atom is 0.527 e. The number of fused-ring (bicyclic) bond motifs is 1. The van der Waals surface area contributed by atoms with E-state index < -0.39 is 50.2 Å². The van der Waals surface area contributed by atoms with Gasteiger partial charge in [0.25, 0.3) is 0 Å². The molecule has 4 rings (SSSR count). The predicted molar refractivity (Wildman–Crippen MR) is 216 cm³/mol. The van der Waals surface area contributed by atoms with E-state index in [9.17, 15) is 32.8 Å². The molecule has 1 fully saturated rings. The Labute approximate surface area is 345 Å². The topological polar surface area (TPSA) is 193 Å². The number of aromatic nitrogens is 4. The zero-order valence-corrected chi connectivity index (χ0v) is 35.5. The minimum atomic E-state index is -4.89. The predicted octanol–water partition coefficient (Wildman–Crippen LogP) is 8.92. The van der Waals surface area contributed by atoms with Crippen LogP contribution < -0.4 is 5.73 Å². The number of ether oxygens (including phenoxy) is 3. The summed E-state index contributed by atoms with van der Waals surface area (Å²) in [5.74, 6) is -0.450. The van der Waals surface area contributed by atoms with Crippen LogP contribution >= 0.6 is 7.82 Å². The number of nitrogen functional groups attached to an aromatic ring is 1. The van der Waals surface area contributed by atoms with Gasteiger partial charge in [-0.15, -0.1) is 0 Å². The highest BCUT2D eigenvalue weighted by atomic mass is 31.2. The second-order valence-corrected chi connectivity index (χ2v) is 16.8. The molecule has 1 unspecified atom stereocenters. The highest BCUT2D eigenvalue weighted by Gasteiger charge is 2.53. The summed E-state index contributed by atoms with van der Waals surface area (Å²) in [6.07, 6.45) is 13.4. The Morgan fingerprint density at radius 2 is 1.54 bits per heavy atom. The lowest BCUT2D eigenvalue weighted by Crippen LogP contribution is -2.39. The van der Waals surface area contributed by atoms with Gasteiger partial charge in [0.2, 0.25) is 0 Å². The van der Waals surface area contributed by atoms with Crippen molar-refractivity contribution < 1.29 is 56.1 Å². The zero-order chi connectivity index (χ0) is 42.9. The molecule has 1 aliphatic heterocycles. The molecule has 4 heterocycles. The number of pyridine rings is 1. The minimum Gasteiger partial charge on any atom is -0.476 e. The summed E-state index contributed by atoms with van der Waals surface area (Å²) in [4.78, 5) is 18.1. The van der Waals surface area contributed by atoms with Gasteiger partial charge in [0.15, 0.2) is 17.2 Å². The van der Waals surface area contributed by atoms with Crippen LogP contribution in [-0.2, 0) is 46.2 Å². The Bertz CT molecular complexity index is 1780. The van der Waals surface area contributed by atoms with E-state index in [2.05, 4.69) is 22.0 Å². The lowest BCUT2D eigenvalue weighted by atomic mass is 9.94. The number of halogens is 3. The quantitative estimate of drug-likeness (QED) is 0.0308. The maximum absolute atomic E-state index is 13.2. The number of hydrogen-bond acceptors (Lipinski definition) is 12. The van der Waals surface area contributed by atoms with Gasteiger partial charge in [-0.1, -0.05) is 109 Å². The van der Waals surface area contributed by atoms with E-state index in [0.717, 1.165) is 37.9 Å². The number of aliphatic hydroxyl groups excluding tert-OH is 2. The number of phosphoric ester groups is 1. The molecule has 5 atom stereocenters. The Hall–Kier alpha value is -3.31. The van der Waals surface area contributed by atoms with Crippen LogP contribution in [0.1, 0.15) is 140 Å². The van der Waals surface area contributed by atoms with Crippen molar-refractivity contribution in [1.82, 2.24) is 19.6 Å². The van der Waals surface area contributed by atoms with Crippen LogP contribution in [0, 0.1) is 0 Å². The van der Waals surface area contributed by atoms with Crippen molar-refractivity contribution in [3.63, 3.8) is 0 Å². The maximum atomic E-state index is 13.2.